The molecule has 0 saturated heterocycles. The maximum absolute atomic E-state index is 12.7. The van der Waals surface area contributed by atoms with Crippen LogP contribution in [0.15, 0.2) is 33.2 Å². The molecular formula is C23H25Br2NO2. The van der Waals surface area contributed by atoms with Crippen LogP contribution in [-0.4, -0.2) is 11.0 Å². The predicted octanol–water partition coefficient (Wildman–Crippen LogP) is 7.00. The zero-order valence-corrected chi connectivity index (χ0v) is 20.2. The standard InChI is InChI=1S/C23H25Br2NO2/c1-22(2,3)16-8-12(9-17(20(16)27)23(4,5)6)7-15-14-10-13(24)11-18(25)19(14)26-21(15)28/h7-11,27H,1-6H3,(H,26,28). The highest BCUT2D eigenvalue weighted by molar-refractivity contribution is 9.11. The zero-order valence-electron chi connectivity index (χ0n) is 17.0. The van der Waals surface area contributed by atoms with Crippen molar-refractivity contribution < 1.29 is 9.90 Å². The Bertz CT molecular complexity index is 973. The summed E-state index contributed by atoms with van der Waals surface area (Å²) in [6.07, 6.45) is 1.91. The molecule has 1 heterocycles. The Morgan fingerprint density at radius 1 is 0.929 bits per heavy atom. The zero-order chi connectivity index (χ0) is 21.0. The van der Waals surface area contributed by atoms with Crippen molar-refractivity contribution in [2.24, 2.45) is 0 Å². The van der Waals surface area contributed by atoms with Crippen LogP contribution in [0.2, 0.25) is 0 Å². The van der Waals surface area contributed by atoms with Crippen molar-refractivity contribution in [1.29, 1.82) is 0 Å². The minimum atomic E-state index is -0.222. The molecule has 2 aromatic rings. The van der Waals surface area contributed by atoms with E-state index in [0.29, 0.717) is 11.3 Å². The number of phenolic OH excluding ortho intramolecular Hbond substituents is 1. The van der Waals surface area contributed by atoms with Gasteiger partial charge < -0.3 is 10.4 Å². The number of hydrogen-bond donors (Lipinski definition) is 2. The maximum Gasteiger partial charge on any atom is 0.256 e. The third-order valence-corrected chi connectivity index (χ3v) is 5.97. The minimum absolute atomic E-state index is 0.128. The van der Waals surface area contributed by atoms with E-state index in [-0.39, 0.29) is 16.7 Å². The molecule has 0 aliphatic carbocycles. The Morgan fingerprint density at radius 2 is 1.46 bits per heavy atom. The summed E-state index contributed by atoms with van der Waals surface area (Å²) in [6.45, 7) is 12.5. The molecular weight excluding hydrogens is 482 g/mol. The number of phenols is 1. The largest absolute Gasteiger partial charge is 0.507 e. The molecule has 0 radical (unpaired) electrons. The fourth-order valence-electron chi connectivity index (χ4n) is 3.41. The van der Waals surface area contributed by atoms with E-state index in [1.54, 1.807) is 0 Å². The van der Waals surface area contributed by atoms with E-state index in [9.17, 15) is 9.90 Å². The first-order valence-electron chi connectivity index (χ1n) is 9.19. The van der Waals surface area contributed by atoms with Crippen molar-refractivity contribution in [1.82, 2.24) is 0 Å². The number of hydrogen-bond acceptors (Lipinski definition) is 2. The minimum Gasteiger partial charge on any atom is -0.507 e. The molecule has 0 atom stereocenters. The molecule has 148 valence electrons. The molecule has 1 aliphatic rings. The number of benzene rings is 2. The summed E-state index contributed by atoms with van der Waals surface area (Å²) in [5.74, 6) is 0.209. The van der Waals surface area contributed by atoms with E-state index in [1.165, 1.54) is 0 Å². The predicted molar refractivity (Wildman–Crippen MR) is 124 cm³/mol. The fourth-order valence-corrected chi connectivity index (χ4v) is 4.73. The Balaban J connectivity index is 2.25. The summed E-state index contributed by atoms with van der Waals surface area (Å²) in [5, 5.41) is 13.9. The van der Waals surface area contributed by atoms with Crippen molar-refractivity contribution in [3.63, 3.8) is 0 Å². The summed E-state index contributed by atoms with van der Waals surface area (Å²) in [7, 11) is 0. The molecule has 3 rings (SSSR count). The van der Waals surface area contributed by atoms with Crippen LogP contribution in [-0.2, 0) is 15.6 Å². The lowest BCUT2D eigenvalue weighted by molar-refractivity contribution is -0.110. The lowest BCUT2D eigenvalue weighted by Gasteiger charge is -2.28. The van der Waals surface area contributed by atoms with Gasteiger partial charge in [-0.15, -0.1) is 0 Å². The van der Waals surface area contributed by atoms with E-state index in [0.717, 1.165) is 36.9 Å². The quantitative estimate of drug-likeness (QED) is 0.409. The highest BCUT2D eigenvalue weighted by Crippen LogP contribution is 2.43. The van der Waals surface area contributed by atoms with Gasteiger partial charge in [0, 0.05) is 31.2 Å². The topological polar surface area (TPSA) is 49.3 Å². The summed E-state index contributed by atoms with van der Waals surface area (Å²) in [6, 6.07) is 7.82. The second-order valence-electron chi connectivity index (χ2n) is 9.29. The molecule has 3 nitrogen and oxygen atoms in total. The Morgan fingerprint density at radius 3 is 1.96 bits per heavy atom. The number of rotatable bonds is 1. The van der Waals surface area contributed by atoms with Gasteiger partial charge in [0.25, 0.3) is 5.91 Å². The average molecular weight is 507 g/mol. The molecule has 2 aromatic carbocycles. The highest BCUT2D eigenvalue weighted by atomic mass is 79.9. The lowest BCUT2D eigenvalue weighted by Crippen LogP contribution is -2.17. The van der Waals surface area contributed by atoms with E-state index in [2.05, 4.69) is 78.7 Å². The average Bonchev–Trinajstić information content (AvgIpc) is 2.83. The van der Waals surface area contributed by atoms with Gasteiger partial charge in [-0.2, -0.15) is 0 Å². The van der Waals surface area contributed by atoms with Gasteiger partial charge in [-0.25, -0.2) is 0 Å². The van der Waals surface area contributed by atoms with Gasteiger partial charge in [-0.3, -0.25) is 4.79 Å². The van der Waals surface area contributed by atoms with Gasteiger partial charge in [0.2, 0.25) is 0 Å². The van der Waals surface area contributed by atoms with E-state index in [1.807, 2.05) is 30.3 Å². The summed E-state index contributed by atoms with van der Waals surface area (Å²) < 4.78 is 1.74. The Hall–Kier alpha value is -1.59. The number of carbonyl (C=O) groups excluding carboxylic acids is 1. The number of anilines is 1. The van der Waals surface area contributed by atoms with E-state index < -0.39 is 0 Å². The normalized spacial score (nSPS) is 15.7. The van der Waals surface area contributed by atoms with Crippen molar-refractivity contribution in [2.75, 3.05) is 5.32 Å². The van der Waals surface area contributed by atoms with Gasteiger partial charge in [-0.05, 0) is 62.7 Å². The van der Waals surface area contributed by atoms with Crippen LogP contribution in [0, 0.1) is 0 Å². The van der Waals surface area contributed by atoms with Crippen LogP contribution in [0.3, 0.4) is 0 Å². The van der Waals surface area contributed by atoms with Gasteiger partial charge in [-0.1, -0.05) is 57.5 Å². The number of nitrogens with one attached hydrogen (secondary N) is 1. The number of carbonyl (C=O) groups is 1. The molecule has 1 aliphatic heterocycles. The second kappa shape index (κ2) is 7.03. The Labute approximate surface area is 183 Å². The number of halogens is 2. The molecule has 5 heteroatoms. The SMILES string of the molecule is CC(C)(C)c1cc(C=C2C(=O)Nc3c(Br)cc(Br)cc32)cc(C(C)(C)C)c1O. The summed E-state index contributed by atoms with van der Waals surface area (Å²) in [5.41, 5.74) is 4.46. The van der Waals surface area contributed by atoms with Crippen LogP contribution >= 0.6 is 31.9 Å². The smallest absolute Gasteiger partial charge is 0.256 e. The second-order valence-corrected chi connectivity index (χ2v) is 11.1. The third kappa shape index (κ3) is 3.92. The fraction of sp³-hybridized carbons (Fsp3) is 0.348. The molecule has 0 unspecified atom stereocenters. The molecule has 0 fully saturated rings. The molecule has 0 spiro atoms. The van der Waals surface area contributed by atoms with Gasteiger partial charge in [0.15, 0.2) is 0 Å². The van der Waals surface area contributed by atoms with Crippen LogP contribution in [0.5, 0.6) is 5.75 Å². The Kier molecular flexibility index (Phi) is 5.30. The first-order chi connectivity index (χ1) is 12.8. The first-order valence-corrected chi connectivity index (χ1v) is 10.8. The molecule has 1 amide bonds. The number of aromatic hydroxyl groups is 1. The van der Waals surface area contributed by atoms with Crippen molar-refractivity contribution in [3.05, 3.63) is 55.5 Å². The molecule has 0 saturated carbocycles. The van der Waals surface area contributed by atoms with Gasteiger partial charge in [0.05, 0.1) is 5.69 Å². The van der Waals surface area contributed by atoms with Crippen molar-refractivity contribution >= 4 is 55.1 Å². The molecule has 28 heavy (non-hydrogen) atoms. The summed E-state index contributed by atoms with van der Waals surface area (Å²) >= 11 is 7.02. The van der Waals surface area contributed by atoms with E-state index >= 15 is 0 Å². The maximum atomic E-state index is 12.7. The van der Waals surface area contributed by atoms with Gasteiger partial charge in [0.1, 0.15) is 5.75 Å². The van der Waals surface area contributed by atoms with Crippen LogP contribution in [0.1, 0.15) is 63.8 Å². The lowest BCUT2D eigenvalue weighted by atomic mass is 9.78. The van der Waals surface area contributed by atoms with Crippen LogP contribution < -0.4 is 5.32 Å². The van der Waals surface area contributed by atoms with Crippen LogP contribution in [0.25, 0.3) is 11.6 Å². The highest BCUT2D eigenvalue weighted by Gasteiger charge is 2.29. The van der Waals surface area contributed by atoms with Crippen molar-refractivity contribution in [2.45, 2.75) is 52.4 Å². The first kappa shape index (κ1) is 21.1. The van der Waals surface area contributed by atoms with Gasteiger partial charge >= 0.3 is 0 Å². The number of fused-ring (bicyclic) bond motifs is 1. The third-order valence-electron chi connectivity index (χ3n) is 4.89. The summed E-state index contributed by atoms with van der Waals surface area (Å²) in [4.78, 5) is 12.7. The molecule has 0 aromatic heterocycles. The van der Waals surface area contributed by atoms with Crippen LogP contribution in [0.4, 0.5) is 5.69 Å². The molecule has 2 N–H and O–H groups in total. The molecule has 0 bridgehead atoms. The number of amides is 1. The van der Waals surface area contributed by atoms with Crippen molar-refractivity contribution in [3.8, 4) is 5.75 Å². The monoisotopic (exact) mass is 505 g/mol. The van der Waals surface area contributed by atoms with E-state index in [4.69, 9.17) is 0 Å².